The van der Waals surface area contributed by atoms with Crippen LogP contribution in [0.15, 0.2) is 36.8 Å². The smallest absolute Gasteiger partial charge is 0.307 e. The van der Waals surface area contributed by atoms with Gasteiger partial charge in [-0.1, -0.05) is 11.6 Å². The summed E-state index contributed by atoms with van der Waals surface area (Å²) in [4.78, 5) is 7.88. The number of ether oxygens (including phenoxy) is 3. The van der Waals surface area contributed by atoms with Gasteiger partial charge in [0, 0.05) is 23.9 Å². The minimum absolute atomic E-state index is 0.0342. The van der Waals surface area contributed by atoms with Crippen LogP contribution in [0.4, 0.5) is 10.2 Å². The standard InChI is InChI=1S/C25H32ClFN5O7P/c1-24(34)20(33)18(39-23(24)32-10-17(27)19-21(28)29-13-30-22(19)32)11-38-40(35,31-25(12-36-2)8-3-9-25)14-37-16-6-4-15(26)5-7-16/h4-7,10,13,18,20,23,33-34H,3,8-9,11-12,14H2,1-2H3,(H,31,35)(H2,28,29,30)/t18?,20-,23-,24-,40?/m1/s1. The summed E-state index contributed by atoms with van der Waals surface area (Å²) in [7, 11) is -2.16. The van der Waals surface area contributed by atoms with E-state index in [-0.39, 0.29) is 29.8 Å². The molecule has 3 aromatic rings. The van der Waals surface area contributed by atoms with E-state index in [1.165, 1.54) is 11.5 Å². The Morgan fingerprint density at radius 1 is 1.32 bits per heavy atom. The van der Waals surface area contributed by atoms with Gasteiger partial charge in [-0.05, 0) is 50.5 Å². The fourth-order valence-electron chi connectivity index (χ4n) is 5.13. The Bertz CT molecular complexity index is 1400. The Morgan fingerprint density at radius 2 is 2.05 bits per heavy atom. The van der Waals surface area contributed by atoms with Crippen molar-refractivity contribution in [3.63, 3.8) is 0 Å². The molecule has 1 aliphatic heterocycles. The zero-order valence-electron chi connectivity index (χ0n) is 22.0. The van der Waals surface area contributed by atoms with Crippen molar-refractivity contribution >= 4 is 36.0 Å². The second-order valence-electron chi connectivity index (χ2n) is 10.4. The van der Waals surface area contributed by atoms with Crippen molar-refractivity contribution < 1.29 is 37.9 Å². The minimum atomic E-state index is -3.73. The molecule has 5 rings (SSSR count). The highest BCUT2D eigenvalue weighted by Crippen LogP contribution is 2.50. The van der Waals surface area contributed by atoms with E-state index in [4.69, 9.17) is 36.1 Å². The monoisotopic (exact) mass is 599 g/mol. The number of anilines is 1. The van der Waals surface area contributed by atoms with E-state index in [2.05, 4.69) is 15.1 Å². The molecule has 0 amide bonds. The molecule has 1 aliphatic carbocycles. The molecular weight excluding hydrogens is 568 g/mol. The predicted molar refractivity (Wildman–Crippen MR) is 145 cm³/mol. The van der Waals surface area contributed by atoms with Crippen LogP contribution in [0.2, 0.25) is 5.02 Å². The SMILES string of the molecule is COCC1(NP(=O)(COc2ccc(Cl)cc2)OCC2O[C@@H](n3cc(F)c4c(N)ncnc43)[C@](C)(O)[C@@H]2O)CCC1. The molecule has 3 heterocycles. The Balaban J connectivity index is 1.35. The van der Waals surface area contributed by atoms with Crippen molar-refractivity contribution in [1.29, 1.82) is 0 Å². The fraction of sp³-hybridized carbons (Fsp3) is 0.520. The summed E-state index contributed by atoms with van der Waals surface area (Å²) in [5, 5.41) is 25.8. The van der Waals surface area contributed by atoms with E-state index in [1.54, 1.807) is 31.4 Å². The number of aliphatic hydroxyl groups is 2. The highest BCUT2D eigenvalue weighted by Gasteiger charge is 2.54. The van der Waals surface area contributed by atoms with Gasteiger partial charge in [0.05, 0.1) is 18.6 Å². The summed E-state index contributed by atoms with van der Waals surface area (Å²) in [6, 6.07) is 6.57. The maximum Gasteiger partial charge on any atom is 0.307 e. The fourth-order valence-corrected chi connectivity index (χ4v) is 7.18. The minimum Gasteiger partial charge on any atom is -0.482 e. The maximum absolute atomic E-state index is 14.7. The summed E-state index contributed by atoms with van der Waals surface area (Å²) in [5.41, 5.74) is 3.44. The molecule has 0 bridgehead atoms. The Morgan fingerprint density at radius 3 is 2.70 bits per heavy atom. The first-order valence-electron chi connectivity index (χ1n) is 12.7. The third kappa shape index (κ3) is 5.57. The van der Waals surface area contributed by atoms with Crippen LogP contribution in [0.5, 0.6) is 5.75 Å². The number of hydrogen-bond donors (Lipinski definition) is 4. The first-order valence-corrected chi connectivity index (χ1v) is 14.9. The van der Waals surface area contributed by atoms with Gasteiger partial charge < -0.3 is 34.7 Å². The molecule has 1 saturated heterocycles. The van der Waals surface area contributed by atoms with Crippen LogP contribution in [-0.2, 0) is 18.6 Å². The van der Waals surface area contributed by atoms with Crippen LogP contribution in [0.3, 0.4) is 0 Å². The van der Waals surface area contributed by atoms with Crippen LogP contribution in [0.25, 0.3) is 11.0 Å². The topological polar surface area (TPSA) is 163 Å². The molecule has 218 valence electrons. The first kappa shape index (κ1) is 29.2. The van der Waals surface area contributed by atoms with Gasteiger partial charge in [-0.25, -0.2) is 19.4 Å². The van der Waals surface area contributed by atoms with E-state index >= 15 is 0 Å². The predicted octanol–water partition coefficient (Wildman–Crippen LogP) is 3.22. The number of aliphatic hydroxyl groups excluding tert-OH is 1. The Labute approximate surface area is 235 Å². The van der Waals surface area contributed by atoms with Crippen LogP contribution in [0.1, 0.15) is 32.4 Å². The molecule has 0 radical (unpaired) electrons. The van der Waals surface area contributed by atoms with E-state index in [1.807, 2.05) is 0 Å². The molecule has 2 aromatic heterocycles. The summed E-state index contributed by atoms with van der Waals surface area (Å²) in [5.74, 6) is -0.348. The quantitative estimate of drug-likeness (QED) is 0.239. The van der Waals surface area contributed by atoms with E-state index < -0.39 is 42.9 Å². The zero-order valence-corrected chi connectivity index (χ0v) is 23.6. The normalized spacial score (nSPS) is 27.4. The van der Waals surface area contributed by atoms with Crippen LogP contribution in [-0.4, -0.2) is 74.8 Å². The van der Waals surface area contributed by atoms with Gasteiger partial charge in [0.15, 0.2) is 24.0 Å². The van der Waals surface area contributed by atoms with Crippen molar-refractivity contribution in [1.82, 2.24) is 19.6 Å². The van der Waals surface area contributed by atoms with Crippen LogP contribution in [0, 0.1) is 5.82 Å². The maximum atomic E-state index is 14.7. The van der Waals surface area contributed by atoms with Crippen molar-refractivity contribution in [2.45, 2.75) is 55.8 Å². The van der Waals surface area contributed by atoms with Gasteiger partial charge in [0.1, 0.15) is 35.7 Å². The lowest BCUT2D eigenvalue weighted by Crippen LogP contribution is -2.53. The van der Waals surface area contributed by atoms with E-state index in [0.29, 0.717) is 17.4 Å². The van der Waals surface area contributed by atoms with Gasteiger partial charge in [-0.2, -0.15) is 0 Å². The average molecular weight is 600 g/mol. The Hall–Kier alpha value is -2.35. The first-order chi connectivity index (χ1) is 19.0. The summed E-state index contributed by atoms with van der Waals surface area (Å²) in [6.07, 6.45) is 0.407. The largest absolute Gasteiger partial charge is 0.482 e. The van der Waals surface area contributed by atoms with Gasteiger partial charge in [-0.3, -0.25) is 9.13 Å². The number of nitrogens with zero attached hydrogens (tertiary/aromatic N) is 3. The molecule has 0 spiro atoms. The number of benzene rings is 1. The lowest BCUT2D eigenvalue weighted by Gasteiger charge is -2.44. The van der Waals surface area contributed by atoms with Gasteiger partial charge in [0.25, 0.3) is 0 Å². The molecule has 40 heavy (non-hydrogen) atoms. The lowest BCUT2D eigenvalue weighted by molar-refractivity contribution is -0.0947. The molecule has 2 fully saturated rings. The van der Waals surface area contributed by atoms with Crippen molar-refractivity contribution in [3.05, 3.63) is 47.6 Å². The van der Waals surface area contributed by atoms with E-state index in [0.717, 1.165) is 31.8 Å². The zero-order chi connectivity index (χ0) is 28.7. The molecule has 12 nitrogen and oxygen atoms in total. The van der Waals surface area contributed by atoms with Gasteiger partial charge in [-0.15, -0.1) is 0 Å². The molecule has 2 unspecified atom stereocenters. The molecule has 1 aromatic carbocycles. The third-order valence-corrected chi connectivity index (χ3v) is 9.50. The molecular formula is C25H32ClFN5O7P. The molecule has 1 saturated carbocycles. The molecule has 2 aliphatic rings. The number of nitrogens with two attached hydrogens (primary N) is 1. The van der Waals surface area contributed by atoms with Crippen molar-refractivity contribution in [2.24, 2.45) is 0 Å². The Kier molecular flexibility index (Phi) is 8.12. The number of nitrogens with one attached hydrogen (secondary N) is 1. The van der Waals surface area contributed by atoms with Crippen LogP contribution < -0.4 is 15.6 Å². The second kappa shape index (κ2) is 11.1. The average Bonchev–Trinajstić information content (AvgIpc) is 3.34. The number of methoxy groups -OCH3 is 1. The number of fused-ring (bicyclic) bond motifs is 1. The summed E-state index contributed by atoms with van der Waals surface area (Å²) < 4.78 is 53.1. The highest BCUT2D eigenvalue weighted by atomic mass is 35.5. The highest BCUT2D eigenvalue weighted by molar-refractivity contribution is 7.56. The number of aromatic nitrogens is 3. The number of hydrogen-bond acceptors (Lipinski definition) is 10. The second-order valence-corrected chi connectivity index (χ2v) is 12.9. The van der Waals surface area contributed by atoms with Gasteiger partial charge in [0.2, 0.25) is 0 Å². The van der Waals surface area contributed by atoms with Crippen molar-refractivity contribution in [2.75, 3.05) is 32.4 Å². The molecule has 5 N–H and O–H groups in total. The molecule has 5 atom stereocenters. The van der Waals surface area contributed by atoms with Crippen molar-refractivity contribution in [3.8, 4) is 5.75 Å². The van der Waals surface area contributed by atoms with E-state index in [9.17, 15) is 19.2 Å². The molecule has 15 heteroatoms. The number of rotatable bonds is 11. The lowest BCUT2D eigenvalue weighted by atomic mass is 9.78. The third-order valence-electron chi connectivity index (χ3n) is 7.40. The van der Waals surface area contributed by atoms with Crippen LogP contribution >= 0.6 is 19.1 Å². The summed E-state index contributed by atoms with van der Waals surface area (Å²) in [6.45, 7) is 1.29. The number of nitrogen functional groups attached to an aromatic ring is 1. The number of halogens is 2. The summed E-state index contributed by atoms with van der Waals surface area (Å²) >= 11 is 5.95. The van der Waals surface area contributed by atoms with Gasteiger partial charge >= 0.3 is 7.52 Å².